The van der Waals surface area contributed by atoms with Gasteiger partial charge in [-0.25, -0.2) is 23.1 Å². The number of hydrogen-bond acceptors (Lipinski definition) is 5. The van der Waals surface area contributed by atoms with Gasteiger partial charge in [-0.1, -0.05) is 6.92 Å². The number of aromatic nitrogens is 2. The molecule has 0 bridgehead atoms. The van der Waals surface area contributed by atoms with Crippen LogP contribution in [-0.4, -0.2) is 58.4 Å². The fraction of sp³-hybridized carbons (Fsp3) is 0.389. The van der Waals surface area contributed by atoms with Crippen molar-refractivity contribution in [2.75, 3.05) is 38.0 Å². The van der Waals surface area contributed by atoms with Crippen LogP contribution in [0.4, 0.5) is 24.8 Å². The summed E-state index contributed by atoms with van der Waals surface area (Å²) in [6, 6.07) is 3.39. The Morgan fingerprint density at radius 1 is 1.11 bits per heavy atom. The van der Waals surface area contributed by atoms with E-state index in [1.54, 1.807) is 17.9 Å². The SMILES string of the molecule is CCN1CCN(C(=O)c2cc(C)nc(Nc3ccc(F)c(F)c3F)n2)CC1. The smallest absolute Gasteiger partial charge is 0.272 e. The van der Waals surface area contributed by atoms with Crippen molar-refractivity contribution in [2.24, 2.45) is 0 Å². The maximum Gasteiger partial charge on any atom is 0.272 e. The van der Waals surface area contributed by atoms with E-state index in [-0.39, 0.29) is 23.2 Å². The average Bonchev–Trinajstić information content (AvgIpc) is 2.67. The third kappa shape index (κ3) is 4.19. The van der Waals surface area contributed by atoms with Crippen LogP contribution in [0.3, 0.4) is 0 Å². The summed E-state index contributed by atoms with van der Waals surface area (Å²) in [6.07, 6.45) is 0. The first-order valence-corrected chi connectivity index (χ1v) is 8.67. The molecule has 1 N–H and O–H groups in total. The highest BCUT2D eigenvalue weighted by Gasteiger charge is 2.23. The Kier molecular flexibility index (Phi) is 5.59. The summed E-state index contributed by atoms with van der Waals surface area (Å²) in [5.41, 5.74) is 0.346. The van der Waals surface area contributed by atoms with E-state index in [0.29, 0.717) is 18.8 Å². The zero-order valence-electron chi connectivity index (χ0n) is 15.1. The molecule has 0 radical (unpaired) electrons. The van der Waals surface area contributed by atoms with Crippen LogP contribution in [0.1, 0.15) is 23.1 Å². The minimum atomic E-state index is -1.59. The molecule has 6 nitrogen and oxygen atoms in total. The maximum atomic E-state index is 13.9. The van der Waals surface area contributed by atoms with Gasteiger partial charge in [-0.2, -0.15) is 0 Å². The number of carbonyl (C=O) groups excluding carboxylic acids is 1. The lowest BCUT2D eigenvalue weighted by atomic mass is 10.2. The van der Waals surface area contributed by atoms with Crippen molar-refractivity contribution in [1.29, 1.82) is 0 Å². The summed E-state index contributed by atoms with van der Waals surface area (Å²) >= 11 is 0. The number of piperazine rings is 1. The van der Waals surface area contributed by atoms with Crippen LogP contribution in [0.5, 0.6) is 0 Å². The molecule has 0 saturated carbocycles. The molecule has 1 amide bonds. The van der Waals surface area contributed by atoms with E-state index < -0.39 is 17.5 Å². The van der Waals surface area contributed by atoms with Crippen molar-refractivity contribution < 1.29 is 18.0 Å². The quantitative estimate of drug-likeness (QED) is 0.828. The lowest BCUT2D eigenvalue weighted by Crippen LogP contribution is -2.48. The Bertz CT molecular complexity index is 853. The molecule has 1 aliphatic rings. The molecule has 0 atom stereocenters. The number of benzene rings is 1. The van der Waals surface area contributed by atoms with E-state index in [9.17, 15) is 18.0 Å². The van der Waals surface area contributed by atoms with Gasteiger partial charge in [-0.05, 0) is 31.7 Å². The highest BCUT2D eigenvalue weighted by Crippen LogP contribution is 2.22. The Balaban J connectivity index is 1.80. The van der Waals surface area contributed by atoms with E-state index in [2.05, 4.69) is 27.1 Å². The number of nitrogens with one attached hydrogen (secondary N) is 1. The fourth-order valence-corrected chi connectivity index (χ4v) is 2.91. The zero-order chi connectivity index (χ0) is 19.6. The second-order valence-corrected chi connectivity index (χ2v) is 6.29. The van der Waals surface area contributed by atoms with Gasteiger partial charge in [0.05, 0.1) is 5.69 Å². The van der Waals surface area contributed by atoms with Crippen LogP contribution in [0, 0.1) is 24.4 Å². The molecule has 9 heteroatoms. The summed E-state index contributed by atoms with van der Waals surface area (Å²) in [5, 5.41) is 2.51. The Labute approximate surface area is 155 Å². The van der Waals surface area contributed by atoms with Gasteiger partial charge >= 0.3 is 0 Å². The standard InChI is InChI=1S/C18H20F3N5O/c1-3-25-6-8-26(9-7-25)17(27)14-10-11(2)22-18(24-14)23-13-5-4-12(19)15(20)16(13)21/h4-5,10H,3,6-9H2,1-2H3,(H,22,23,24). The molecular formula is C18H20F3N5O. The number of carbonyl (C=O) groups is 1. The van der Waals surface area contributed by atoms with Crippen molar-refractivity contribution in [3.8, 4) is 0 Å². The van der Waals surface area contributed by atoms with Gasteiger partial charge in [0, 0.05) is 31.9 Å². The van der Waals surface area contributed by atoms with Gasteiger partial charge in [-0.15, -0.1) is 0 Å². The van der Waals surface area contributed by atoms with Crippen LogP contribution in [-0.2, 0) is 0 Å². The van der Waals surface area contributed by atoms with Crippen LogP contribution in [0.2, 0.25) is 0 Å². The molecule has 1 fully saturated rings. The lowest BCUT2D eigenvalue weighted by molar-refractivity contribution is 0.0637. The van der Waals surface area contributed by atoms with E-state index >= 15 is 0 Å². The van der Waals surface area contributed by atoms with Crippen molar-refractivity contribution >= 4 is 17.5 Å². The predicted molar refractivity (Wildman–Crippen MR) is 94.4 cm³/mol. The number of amides is 1. The van der Waals surface area contributed by atoms with E-state index in [0.717, 1.165) is 31.8 Å². The van der Waals surface area contributed by atoms with Gasteiger partial charge in [-0.3, -0.25) is 4.79 Å². The van der Waals surface area contributed by atoms with Crippen LogP contribution in [0.25, 0.3) is 0 Å². The van der Waals surface area contributed by atoms with Crippen molar-refractivity contribution in [3.05, 3.63) is 47.0 Å². The molecule has 0 spiro atoms. The van der Waals surface area contributed by atoms with Gasteiger partial charge in [0.15, 0.2) is 17.5 Å². The minimum absolute atomic E-state index is 0.0598. The highest BCUT2D eigenvalue weighted by atomic mass is 19.2. The Morgan fingerprint density at radius 3 is 2.48 bits per heavy atom. The number of nitrogens with zero attached hydrogens (tertiary/aromatic N) is 4. The van der Waals surface area contributed by atoms with E-state index in [1.165, 1.54) is 0 Å². The number of anilines is 2. The summed E-state index contributed by atoms with van der Waals surface area (Å²) in [5.74, 6) is -4.55. The third-order valence-corrected chi connectivity index (χ3v) is 4.46. The van der Waals surface area contributed by atoms with Crippen LogP contribution in [0.15, 0.2) is 18.2 Å². The lowest BCUT2D eigenvalue weighted by Gasteiger charge is -2.33. The molecule has 2 aromatic rings. The predicted octanol–water partition coefficient (Wildman–Crippen LogP) is 2.72. The van der Waals surface area contributed by atoms with Gasteiger partial charge in [0.1, 0.15) is 5.69 Å². The zero-order valence-corrected chi connectivity index (χ0v) is 15.1. The number of rotatable bonds is 4. The van der Waals surface area contributed by atoms with Crippen LogP contribution < -0.4 is 5.32 Å². The molecule has 1 aromatic carbocycles. The van der Waals surface area contributed by atoms with Crippen LogP contribution >= 0.6 is 0 Å². The Morgan fingerprint density at radius 2 is 1.81 bits per heavy atom. The Hall–Kier alpha value is -2.68. The molecule has 1 aromatic heterocycles. The fourth-order valence-electron chi connectivity index (χ4n) is 2.91. The van der Waals surface area contributed by atoms with Crippen molar-refractivity contribution in [2.45, 2.75) is 13.8 Å². The molecule has 0 aliphatic carbocycles. The van der Waals surface area contributed by atoms with Crippen molar-refractivity contribution in [3.63, 3.8) is 0 Å². The highest BCUT2D eigenvalue weighted by molar-refractivity contribution is 5.92. The van der Waals surface area contributed by atoms with Gasteiger partial charge < -0.3 is 15.1 Å². The second kappa shape index (κ2) is 7.91. The summed E-state index contributed by atoms with van der Waals surface area (Å²) in [4.78, 5) is 24.9. The van der Waals surface area contributed by atoms with E-state index in [4.69, 9.17) is 0 Å². The average molecular weight is 379 g/mol. The van der Waals surface area contributed by atoms with Gasteiger partial charge in [0.25, 0.3) is 5.91 Å². The minimum Gasteiger partial charge on any atom is -0.335 e. The topological polar surface area (TPSA) is 61.4 Å². The molecule has 2 heterocycles. The maximum absolute atomic E-state index is 13.9. The molecular weight excluding hydrogens is 359 g/mol. The first-order valence-electron chi connectivity index (χ1n) is 8.67. The molecule has 1 saturated heterocycles. The first kappa shape index (κ1) is 19.1. The second-order valence-electron chi connectivity index (χ2n) is 6.29. The monoisotopic (exact) mass is 379 g/mol. The normalized spacial score (nSPS) is 15.1. The number of likely N-dealkylation sites (N-methyl/N-ethyl adjacent to an activating group) is 1. The molecule has 144 valence electrons. The van der Waals surface area contributed by atoms with Gasteiger partial charge in [0.2, 0.25) is 5.95 Å². The number of hydrogen-bond donors (Lipinski definition) is 1. The molecule has 3 rings (SSSR count). The first-order chi connectivity index (χ1) is 12.9. The molecule has 1 aliphatic heterocycles. The summed E-state index contributed by atoms with van der Waals surface area (Å²) in [7, 11) is 0. The summed E-state index contributed by atoms with van der Waals surface area (Å²) < 4.78 is 40.3. The largest absolute Gasteiger partial charge is 0.335 e. The molecule has 27 heavy (non-hydrogen) atoms. The number of halogens is 3. The van der Waals surface area contributed by atoms with Crippen molar-refractivity contribution in [1.82, 2.24) is 19.8 Å². The number of aryl methyl sites for hydroxylation is 1. The molecule has 0 unspecified atom stereocenters. The summed E-state index contributed by atoms with van der Waals surface area (Å²) in [6.45, 7) is 7.44. The third-order valence-electron chi connectivity index (χ3n) is 4.46. The van der Waals surface area contributed by atoms with E-state index in [1.807, 2.05) is 0 Å².